The number of aromatic nitrogens is 1. The number of pyridine rings is 1. The Morgan fingerprint density at radius 3 is 2.63 bits per heavy atom. The quantitative estimate of drug-likeness (QED) is 0.857. The number of rotatable bonds is 3. The van der Waals surface area contributed by atoms with E-state index in [0.29, 0.717) is 5.69 Å². The number of nitrogens with one attached hydrogen (secondary N) is 1. The van der Waals surface area contributed by atoms with Crippen molar-refractivity contribution in [3.8, 4) is 0 Å². The lowest BCUT2D eigenvalue weighted by Gasteiger charge is -2.32. The molecular formula is C14H21N3O2. The van der Waals surface area contributed by atoms with Gasteiger partial charge in [-0.3, -0.25) is 9.78 Å². The number of hydrogen-bond acceptors (Lipinski definition) is 4. The number of anilines is 1. The van der Waals surface area contributed by atoms with Gasteiger partial charge in [0.25, 0.3) is 0 Å². The molecule has 0 aliphatic carbocycles. The third-order valence-electron chi connectivity index (χ3n) is 3.68. The van der Waals surface area contributed by atoms with E-state index in [9.17, 15) is 9.90 Å². The van der Waals surface area contributed by atoms with Crippen molar-refractivity contribution in [2.45, 2.75) is 25.9 Å². The van der Waals surface area contributed by atoms with Gasteiger partial charge in [0.2, 0.25) is 5.91 Å². The highest BCUT2D eigenvalue weighted by Gasteiger charge is 2.24. The predicted octanol–water partition coefficient (Wildman–Crippen LogP) is 1.10. The molecule has 0 unspecified atom stereocenters. The van der Waals surface area contributed by atoms with Gasteiger partial charge in [0.05, 0.1) is 23.7 Å². The Hall–Kier alpha value is -1.62. The summed E-state index contributed by atoms with van der Waals surface area (Å²) < 4.78 is 0. The Labute approximate surface area is 113 Å². The van der Waals surface area contributed by atoms with E-state index in [-0.39, 0.29) is 11.8 Å². The molecule has 2 N–H and O–H groups in total. The number of aliphatic hydroxyl groups excluding tert-OH is 1. The smallest absolute Gasteiger partial charge is 0.222 e. The van der Waals surface area contributed by atoms with Gasteiger partial charge in [-0.1, -0.05) is 0 Å². The summed E-state index contributed by atoms with van der Waals surface area (Å²) in [5.41, 5.74) is 1.74. The summed E-state index contributed by atoms with van der Waals surface area (Å²) in [6, 6.07) is 3.83. The minimum atomic E-state index is -0.534. The minimum absolute atomic E-state index is 0.131. The van der Waals surface area contributed by atoms with E-state index in [1.807, 2.05) is 12.1 Å². The number of nitrogens with zero attached hydrogens (tertiary/aromatic N) is 2. The lowest BCUT2D eigenvalue weighted by molar-refractivity contribution is -0.125. The molecule has 2 heterocycles. The van der Waals surface area contributed by atoms with Crippen molar-refractivity contribution in [1.29, 1.82) is 0 Å². The second-order valence-corrected chi connectivity index (χ2v) is 4.99. The van der Waals surface area contributed by atoms with E-state index >= 15 is 0 Å². The zero-order valence-corrected chi connectivity index (χ0v) is 11.5. The lowest BCUT2D eigenvalue weighted by Crippen LogP contribution is -2.39. The van der Waals surface area contributed by atoms with Crippen molar-refractivity contribution in [3.63, 3.8) is 0 Å². The van der Waals surface area contributed by atoms with Crippen LogP contribution < -0.4 is 10.2 Å². The first-order valence-electron chi connectivity index (χ1n) is 6.72. The molecule has 5 heteroatoms. The van der Waals surface area contributed by atoms with E-state index in [2.05, 4.69) is 15.2 Å². The lowest BCUT2D eigenvalue weighted by atomic mass is 9.96. The first-order chi connectivity index (χ1) is 9.11. The van der Waals surface area contributed by atoms with Crippen molar-refractivity contribution in [2.75, 3.05) is 25.0 Å². The van der Waals surface area contributed by atoms with Gasteiger partial charge in [-0.15, -0.1) is 0 Å². The molecule has 1 saturated heterocycles. The molecule has 2 rings (SSSR count). The van der Waals surface area contributed by atoms with Crippen molar-refractivity contribution < 1.29 is 9.90 Å². The molecule has 1 fully saturated rings. The van der Waals surface area contributed by atoms with E-state index in [0.717, 1.165) is 31.6 Å². The number of aliphatic hydroxyl groups is 1. The molecule has 1 aromatic rings. The zero-order chi connectivity index (χ0) is 13.8. The summed E-state index contributed by atoms with van der Waals surface area (Å²) in [7, 11) is 1.69. The second kappa shape index (κ2) is 6.02. The fourth-order valence-corrected chi connectivity index (χ4v) is 2.44. The normalized spacial score (nSPS) is 18.2. The SMILES string of the molecule is CNC(=O)C1CCN(c2ccc([C@@H](C)O)nc2)CC1. The summed E-state index contributed by atoms with van der Waals surface area (Å²) in [6.07, 6.45) is 3.01. The summed E-state index contributed by atoms with van der Waals surface area (Å²) in [6.45, 7) is 3.44. The Balaban J connectivity index is 1.96. The van der Waals surface area contributed by atoms with Crippen molar-refractivity contribution in [1.82, 2.24) is 10.3 Å². The van der Waals surface area contributed by atoms with Crippen LogP contribution in [0.5, 0.6) is 0 Å². The molecule has 5 nitrogen and oxygen atoms in total. The van der Waals surface area contributed by atoms with Crippen molar-refractivity contribution in [2.24, 2.45) is 5.92 Å². The van der Waals surface area contributed by atoms with Gasteiger partial charge in [0.1, 0.15) is 0 Å². The number of hydrogen-bond donors (Lipinski definition) is 2. The van der Waals surface area contributed by atoms with Gasteiger partial charge in [-0.2, -0.15) is 0 Å². The number of amides is 1. The van der Waals surface area contributed by atoms with Crippen LogP contribution in [0.25, 0.3) is 0 Å². The van der Waals surface area contributed by atoms with Gasteiger partial charge >= 0.3 is 0 Å². The van der Waals surface area contributed by atoms with Gasteiger partial charge in [0, 0.05) is 26.1 Å². The molecule has 0 saturated carbocycles. The van der Waals surface area contributed by atoms with Crippen molar-refractivity contribution in [3.05, 3.63) is 24.0 Å². The van der Waals surface area contributed by atoms with E-state index in [4.69, 9.17) is 0 Å². The van der Waals surface area contributed by atoms with Gasteiger partial charge in [-0.05, 0) is 31.9 Å². The molecule has 0 aromatic carbocycles. The summed E-state index contributed by atoms with van der Waals surface area (Å²) in [4.78, 5) is 18.0. The average Bonchev–Trinajstić information content (AvgIpc) is 2.46. The van der Waals surface area contributed by atoms with Gasteiger partial charge in [-0.25, -0.2) is 0 Å². The topological polar surface area (TPSA) is 65.5 Å². The fourth-order valence-electron chi connectivity index (χ4n) is 2.44. The first-order valence-corrected chi connectivity index (χ1v) is 6.72. The number of carbonyl (C=O) groups excluding carboxylic acids is 1. The minimum Gasteiger partial charge on any atom is -0.387 e. The molecule has 0 radical (unpaired) electrons. The Morgan fingerprint density at radius 1 is 1.47 bits per heavy atom. The molecule has 1 amide bonds. The van der Waals surface area contributed by atoms with Gasteiger partial charge < -0.3 is 15.3 Å². The molecule has 1 aliphatic rings. The standard InChI is InChI=1S/C14H21N3O2/c1-10(18)13-4-3-12(9-16-13)17-7-5-11(6-8-17)14(19)15-2/h3-4,9-11,18H,5-8H2,1-2H3,(H,15,19)/t10-/m1/s1. The second-order valence-electron chi connectivity index (χ2n) is 4.99. The third kappa shape index (κ3) is 3.23. The van der Waals surface area contributed by atoms with Crippen LogP contribution in [0.3, 0.4) is 0 Å². The third-order valence-corrected chi connectivity index (χ3v) is 3.68. The highest BCUT2D eigenvalue weighted by Crippen LogP contribution is 2.23. The van der Waals surface area contributed by atoms with Crippen LogP contribution in [-0.4, -0.2) is 36.1 Å². The number of carbonyl (C=O) groups is 1. The monoisotopic (exact) mass is 263 g/mol. The van der Waals surface area contributed by atoms with Crippen molar-refractivity contribution >= 4 is 11.6 Å². The molecule has 1 aliphatic heterocycles. The summed E-state index contributed by atoms with van der Waals surface area (Å²) in [5, 5.41) is 12.1. The highest BCUT2D eigenvalue weighted by molar-refractivity contribution is 5.78. The van der Waals surface area contributed by atoms with E-state index < -0.39 is 6.10 Å². The van der Waals surface area contributed by atoms with Crippen LogP contribution in [0.1, 0.15) is 31.6 Å². The molecule has 104 valence electrons. The van der Waals surface area contributed by atoms with Crippen LogP contribution in [-0.2, 0) is 4.79 Å². The van der Waals surface area contributed by atoms with E-state index in [1.165, 1.54) is 0 Å². The van der Waals surface area contributed by atoms with Crippen LogP contribution in [0, 0.1) is 5.92 Å². The zero-order valence-electron chi connectivity index (χ0n) is 11.5. The van der Waals surface area contributed by atoms with Crippen LogP contribution in [0.15, 0.2) is 18.3 Å². The number of piperidine rings is 1. The van der Waals surface area contributed by atoms with Crippen LogP contribution in [0.4, 0.5) is 5.69 Å². The highest BCUT2D eigenvalue weighted by atomic mass is 16.3. The average molecular weight is 263 g/mol. The maximum absolute atomic E-state index is 11.6. The Morgan fingerprint density at radius 2 is 2.16 bits per heavy atom. The summed E-state index contributed by atoms with van der Waals surface area (Å²) >= 11 is 0. The Bertz CT molecular complexity index is 423. The predicted molar refractivity (Wildman–Crippen MR) is 73.9 cm³/mol. The Kier molecular flexibility index (Phi) is 4.37. The molecule has 19 heavy (non-hydrogen) atoms. The molecule has 0 spiro atoms. The van der Waals surface area contributed by atoms with Crippen LogP contribution in [0.2, 0.25) is 0 Å². The fraction of sp³-hybridized carbons (Fsp3) is 0.571. The molecular weight excluding hydrogens is 242 g/mol. The van der Waals surface area contributed by atoms with Crippen LogP contribution >= 0.6 is 0 Å². The van der Waals surface area contributed by atoms with E-state index in [1.54, 1.807) is 20.2 Å². The maximum atomic E-state index is 11.6. The summed E-state index contributed by atoms with van der Waals surface area (Å²) in [5.74, 6) is 0.271. The molecule has 1 atom stereocenters. The molecule has 1 aromatic heterocycles. The van der Waals surface area contributed by atoms with Gasteiger partial charge in [0.15, 0.2) is 0 Å². The first kappa shape index (κ1) is 13.8. The molecule has 0 bridgehead atoms. The largest absolute Gasteiger partial charge is 0.387 e. The maximum Gasteiger partial charge on any atom is 0.222 e.